The average molecular weight is 301 g/mol. The highest BCUT2D eigenvalue weighted by Gasteiger charge is 2.28. The van der Waals surface area contributed by atoms with Crippen LogP contribution in [0.3, 0.4) is 0 Å². The third kappa shape index (κ3) is 2.65. The molecule has 6 nitrogen and oxygen atoms in total. The molecule has 1 amide bonds. The fourth-order valence-electron chi connectivity index (χ4n) is 3.29. The maximum atomic E-state index is 12.7. The summed E-state index contributed by atoms with van der Waals surface area (Å²) in [6.07, 6.45) is 4.51. The molecule has 0 aliphatic carbocycles. The van der Waals surface area contributed by atoms with E-state index in [-0.39, 0.29) is 11.9 Å². The predicted molar refractivity (Wildman–Crippen MR) is 83.8 cm³/mol. The molecule has 1 aliphatic heterocycles. The molecule has 22 heavy (non-hydrogen) atoms. The summed E-state index contributed by atoms with van der Waals surface area (Å²) in [5.41, 5.74) is 3.81. The number of piperidine rings is 1. The van der Waals surface area contributed by atoms with Crippen LogP contribution >= 0.6 is 0 Å². The van der Waals surface area contributed by atoms with E-state index >= 15 is 0 Å². The van der Waals surface area contributed by atoms with Crippen molar-refractivity contribution in [2.24, 2.45) is 0 Å². The Balaban J connectivity index is 1.78. The van der Waals surface area contributed by atoms with Crippen molar-refractivity contribution in [3.05, 3.63) is 34.9 Å². The molecule has 0 spiro atoms. The number of aryl methyl sites for hydroxylation is 3. The topological polar surface area (TPSA) is 66.8 Å². The highest BCUT2D eigenvalue weighted by atomic mass is 16.2. The highest BCUT2D eigenvalue weighted by Crippen LogP contribution is 2.24. The molecule has 1 unspecified atom stereocenters. The van der Waals surface area contributed by atoms with Crippen molar-refractivity contribution in [1.29, 1.82) is 0 Å². The number of rotatable bonds is 3. The lowest BCUT2D eigenvalue weighted by Gasteiger charge is -2.33. The van der Waals surface area contributed by atoms with Crippen LogP contribution in [0.25, 0.3) is 0 Å². The molecule has 1 saturated heterocycles. The SMILES string of the molecule is CCc1[nH]ncc1C(=O)N1CCCC(n2nc(C)cc2C)C1. The minimum absolute atomic E-state index is 0.0804. The second-order valence-electron chi connectivity index (χ2n) is 6.03. The fraction of sp³-hybridized carbons (Fsp3) is 0.562. The Morgan fingerprint density at radius 3 is 2.95 bits per heavy atom. The highest BCUT2D eigenvalue weighted by molar-refractivity contribution is 5.95. The van der Waals surface area contributed by atoms with E-state index in [1.54, 1.807) is 6.20 Å². The first kappa shape index (κ1) is 14.8. The van der Waals surface area contributed by atoms with Gasteiger partial charge < -0.3 is 4.90 Å². The van der Waals surface area contributed by atoms with Crippen LogP contribution < -0.4 is 0 Å². The number of likely N-dealkylation sites (tertiary alicyclic amines) is 1. The van der Waals surface area contributed by atoms with Gasteiger partial charge in [0.2, 0.25) is 0 Å². The Labute approximate surface area is 130 Å². The second-order valence-corrected chi connectivity index (χ2v) is 6.03. The number of nitrogens with one attached hydrogen (secondary N) is 1. The first-order chi connectivity index (χ1) is 10.6. The van der Waals surface area contributed by atoms with Crippen LogP contribution in [0.1, 0.15) is 53.2 Å². The number of aromatic amines is 1. The lowest BCUT2D eigenvalue weighted by atomic mass is 10.0. The summed E-state index contributed by atoms with van der Waals surface area (Å²) in [5.74, 6) is 0.0804. The van der Waals surface area contributed by atoms with Crippen molar-refractivity contribution in [2.45, 2.75) is 46.1 Å². The molecule has 3 rings (SSSR count). The Morgan fingerprint density at radius 2 is 2.27 bits per heavy atom. The van der Waals surface area contributed by atoms with Crippen molar-refractivity contribution >= 4 is 5.91 Å². The van der Waals surface area contributed by atoms with Gasteiger partial charge in [-0.3, -0.25) is 14.6 Å². The van der Waals surface area contributed by atoms with Gasteiger partial charge in [0, 0.05) is 24.5 Å². The molecule has 1 aliphatic rings. The molecule has 2 aromatic heterocycles. The van der Waals surface area contributed by atoms with Gasteiger partial charge in [0.1, 0.15) is 0 Å². The summed E-state index contributed by atoms with van der Waals surface area (Å²) in [7, 11) is 0. The Bertz CT molecular complexity index is 672. The lowest BCUT2D eigenvalue weighted by Crippen LogP contribution is -2.41. The summed E-state index contributed by atoms with van der Waals surface area (Å²) >= 11 is 0. The summed E-state index contributed by atoms with van der Waals surface area (Å²) in [5, 5.41) is 11.5. The molecule has 1 N–H and O–H groups in total. The van der Waals surface area contributed by atoms with E-state index in [0.717, 1.165) is 49.4 Å². The molecule has 2 aromatic rings. The number of H-pyrrole nitrogens is 1. The molecule has 0 radical (unpaired) electrons. The van der Waals surface area contributed by atoms with Crippen LogP contribution in [0.4, 0.5) is 0 Å². The van der Waals surface area contributed by atoms with Gasteiger partial charge >= 0.3 is 0 Å². The van der Waals surface area contributed by atoms with Crippen molar-refractivity contribution in [2.75, 3.05) is 13.1 Å². The number of hydrogen-bond donors (Lipinski definition) is 1. The maximum Gasteiger partial charge on any atom is 0.257 e. The van der Waals surface area contributed by atoms with Gasteiger partial charge in [-0.05, 0) is 39.2 Å². The molecule has 118 valence electrons. The summed E-state index contributed by atoms with van der Waals surface area (Å²) in [6.45, 7) is 7.64. The fourth-order valence-corrected chi connectivity index (χ4v) is 3.29. The maximum absolute atomic E-state index is 12.7. The number of hydrogen-bond acceptors (Lipinski definition) is 3. The van der Waals surface area contributed by atoms with Crippen LogP contribution in [0.5, 0.6) is 0 Å². The van der Waals surface area contributed by atoms with Crippen LogP contribution in [0.15, 0.2) is 12.3 Å². The average Bonchev–Trinajstić information content (AvgIpc) is 3.12. The zero-order chi connectivity index (χ0) is 15.7. The Hall–Kier alpha value is -2.11. The van der Waals surface area contributed by atoms with Crippen LogP contribution in [-0.2, 0) is 6.42 Å². The van der Waals surface area contributed by atoms with Crippen LogP contribution in [0, 0.1) is 13.8 Å². The zero-order valence-corrected chi connectivity index (χ0v) is 13.5. The number of carbonyl (C=O) groups is 1. The first-order valence-corrected chi connectivity index (χ1v) is 7.94. The van der Waals surface area contributed by atoms with Gasteiger partial charge in [0.05, 0.1) is 23.5 Å². The normalized spacial score (nSPS) is 18.7. The monoisotopic (exact) mass is 301 g/mol. The van der Waals surface area contributed by atoms with Gasteiger partial charge in [-0.15, -0.1) is 0 Å². The van der Waals surface area contributed by atoms with Crippen molar-refractivity contribution < 1.29 is 4.79 Å². The molecule has 0 saturated carbocycles. The third-order valence-corrected chi connectivity index (χ3v) is 4.38. The molecule has 1 fully saturated rings. The number of aromatic nitrogens is 4. The van der Waals surface area contributed by atoms with Crippen molar-refractivity contribution in [1.82, 2.24) is 24.9 Å². The predicted octanol–water partition coefficient (Wildman–Crippen LogP) is 2.26. The van der Waals surface area contributed by atoms with Crippen LogP contribution in [0.2, 0.25) is 0 Å². The van der Waals surface area contributed by atoms with Gasteiger partial charge in [0.25, 0.3) is 5.91 Å². The minimum Gasteiger partial charge on any atom is -0.336 e. The van der Waals surface area contributed by atoms with Crippen molar-refractivity contribution in [3.63, 3.8) is 0 Å². The van der Waals surface area contributed by atoms with E-state index in [9.17, 15) is 4.79 Å². The van der Waals surface area contributed by atoms with E-state index in [1.165, 1.54) is 0 Å². The minimum atomic E-state index is 0.0804. The summed E-state index contributed by atoms with van der Waals surface area (Å²) in [4.78, 5) is 14.7. The third-order valence-electron chi connectivity index (χ3n) is 4.38. The van der Waals surface area contributed by atoms with Gasteiger partial charge in [-0.1, -0.05) is 6.92 Å². The molecule has 1 atom stereocenters. The number of carbonyl (C=O) groups excluding carboxylic acids is 1. The Kier molecular flexibility index (Phi) is 4.00. The molecular formula is C16H23N5O. The molecule has 6 heteroatoms. The van der Waals surface area contributed by atoms with E-state index in [0.29, 0.717) is 5.56 Å². The Morgan fingerprint density at radius 1 is 1.45 bits per heavy atom. The number of nitrogens with zero attached hydrogens (tertiary/aromatic N) is 4. The van der Waals surface area contributed by atoms with E-state index in [1.807, 2.05) is 18.7 Å². The van der Waals surface area contributed by atoms with Crippen LogP contribution in [-0.4, -0.2) is 43.9 Å². The van der Waals surface area contributed by atoms with E-state index in [2.05, 4.69) is 33.0 Å². The van der Waals surface area contributed by atoms with Crippen molar-refractivity contribution in [3.8, 4) is 0 Å². The van der Waals surface area contributed by atoms with Gasteiger partial charge in [-0.25, -0.2) is 0 Å². The zero-order valence-electron chi connectivity index (χ0n) is 13.5. The largest absolute Gasteiger partial charge is 0.336 e. The van der Waals surface area contributed by atoms with E-state index in [4.69, 9.17) is 0 Å². The standard InChI is InChI=1S/C16H23N5O/c1-4-15-14(9-17-18-15)16(22)20-7-5-6-13(10-20)21-12(3)8-11(2)19-21/h8-9,13H,4-7,10H2,1-3H3,(H,17,18). The first-order valence-electron chi connectivity index (χ1n) is 7.94. The smallest absolute Gasteiger partial charge is 0.257 e. The second kappa shape index (κ2) is 5.94. The lowest BCUT2D eigenvalue weighted by molar-refractivity contribution is 0.0670. The summed E-state index contributed by atoms with van der Waals surface area (Å²) < 4.78 is 2.07. The van der Waals surface area contributed by atoms with Gasteiger partial charge in [0.15, 0.2) is 0 Å². The summed E-state index contributed by atoms with van der Waals surface area (Å²) in [6, 6.07) is 2.36. The number of amides is 1. The molecular weight excluding hydrogens is 278 g/mol. The quantitative estimate of drug-likeness (QED) is 0.945. The molecule has 0 aromatic carbocycles. The molecule has 0 bridgehead atoms. The van der Waals surface area contributed by atoms with E-state index < -0.39 is 0 Å². The molecule has 3 heterocycles. The van der Waals surface area contributed by atoms with Gasteiger partial charge in [-0.2, -0.15) is 10.2 Å².